The van der Waals surface area contributed by atoms with Crippen molar-refractivity contribution < 1.29 is 9.53 Å². The van der Waals surface area contributed by atoms with Gasteiger partial charge in [-0.15, -0.1) is 0 Å². The number of likely N-dealkylation sites (N-methyl/N-ethyl adjacent to an activating group) is 1. The second-order valence-electron chi connectivity index (χ2n) is 7.07. The molecule has 2 aromatic rings. The summed E-state index contributed by atoms with van der Waals surface area (Å²) in [5.41, 5.74) is 4.74. The lowest BCUT2D eigenvalue weighted by molar-refractivity contribution is -0.105. The zero-order valence-electron chi connectivity index (χ0n) is 14.7. The van der Waals surface area contributed by atoms with Gasteiger partial charge in [0.2, 0.25) is 6.41 Å². The fourth-order valence-electron chi connectivity index (χ4n) is 3.88. The van der Waals surface area contributed by atoms with Gasteiger partial charge in [-0.2, -0.15) is 0 Å². The quantitative estimate of drug-likeness (QED) is 0.852. The van der Waals surface area contributed by atoms with E-state index in [9.17, 15) is 4.79 Å². The molecule has 0 spiro atoms. The van der Waals surface area contributed by atoms with Crippen LogP contribution in [0.2, 0.25) is 0 Å². The summed E-state index contributed by atoms with van der Waals surface area (Å²) in [6, 6.07) is 6.16. The molecule has 0 radical (unpaired) electrons. The molecule has 2 aliphatic heterocycles. The van der Waals surface area contributed by atoms with Gasteiger partial charge < -0.3 is 19.5 Å². The summed E-state index contributed by atoms with van der Waals surface area (Å²) in [6.07, 6.45) is 8.99. The van der Waals surface area contributed by atoms with E-state index in [1.165, 1.54) is 22.0 Å². The first-order valence-corrected chi connectivity index (χ1v) is 9.07. The third-order valence-electron chi connectivity index (χ3n) is 5.29. The van der Waals surface area contributed by atoms with Gasteiger partial charge in [-0.3, -0.25) is 4.79 Å². The molecule has 5 heteroatoms. The molecule has 1 aromatic heterocycles. The number of rotatable bonds is 5. The summed E-state index contributed by atoms with van der Waals surface area (Å²) in [6.45, 7) is 3.84. The van der Waals surface area contributed by atoms with Gasteiger partial charge in [0.15, 0.2) is 0 Å². The number of fused-ring (bicyclic) bond motifs is 1. The van der Waals surface area contributed by atoms with Gasteiger partial charge in [0.05, 0.1) is 6.10 Å². The van der Waals surface area contributed by atoms with E-state index < -0.39 is 0 Å². The first-order valence-electron chi connectivity index (χ1n) is 9.07. The van der Waals surface area contributed by atoms with Gasteiger partial charge in [0.1, 0.15) is 0 Å². The predicted molar refractivity (Wildman–Crippen MR) is 101 cm³/mol. The minimum atomic E-state index is 0.308. The lowest BCUT2D eigenvalue weighted by Gasteiger charge is -2.21. The maximum atomic E-state index is 10.8. The summed E-state index contributed by atoms with van der Waals surface area (Å²) in [7, 11) is 2.15. The molecule has 0 saturated carbocycles. The van der Waals surface area contributed by atoms with Crippen LogP contribution < -0.4 is 5.32 Å². The van der Waals surface area contributed by atoms with E-state index in [0.29, 0.717) is 6.10 Å². The van der Waals surface area contributed by atoms with E-state index in [1.54, 1.807) is 0 Å². The summed E-state index contributed by atoms with van der Waals surface area (Å²) in [5, 5.41) is 3.99. The number of ether oxygens (including phenoxy) is 1. The zero-order valence-corrected chi connectivity index (χ0v) is 14.7. The van der Waals surface area contributed by atoms with Crippen LogP contribution in [-0.2, 0) is 16.1 Å². The Morgan fingerprint density at radius 3 is 3.04 bits per heavy atom. The van der Waals surface area contributed by atoms with Crippen molar-refractivity contribution in [1.29, 1.82) is 0 Å². The largest absolute Gasteiger partial charge is 0.376 e. The third kappa shape index (κ3) is 3.34. The van der Waals surface area contributed by atoms with Crippen molar-refractivity contribution in [3.8, 4) is 0 Å². The third-order valence-corrected chi connectivity index (χ3v) is 5.29. The van der Waals surface area contributed by atoms with Gasteiger partial charge >= 0.3 is 0 Å². The monoisotopic (exact) mass is 339 g/mol. The van der Waals surface area contributed by atoms with Crippen molar-refractivity contribution >= 4 is 28.6 Å². The maximum Gasteiger partial charge on any atom is 0.211 e. The van der Waals surface area contributed by atoms with Crippen molar-refractivity contribution in [2.75, 3.05) is 32.1 Å². The minimum Gasteiger partial charge on any atom is -0.376 e. The van der Waals surface area contributed by atoms with Crippen LogP contribution in [0.5, 0.6) is 0 Å². The lowest BCUT2D eigenvalue weighted by Crippen LogP contribution is -2.23. The molecule has 0 aliphatic carbocycles. The van der Waals surface area contributed by atoms with Crippen LogP contribution in [-0.4, -0.2) is 48.7 Å². The molecule has 2 aliphatic rings. The molecule has 1 saturated heterocycles. The molecule has 1 aromatic carbocycles. The van der Waals surface area contributed by atoms with Crippen LogP contribution in [0.4, 0.5) is 5.69 Å². The Kier molecular flexibility index (Phi) is 4.59. The number of anilines is 1. The number of amides is 1. The summed E-state index contributed by atoms with van der Waals surface area (Å²) in [4.78, 5) is 13.1. The van der Waals surface area contributed by atoms with Crippen molar-refractivity contribution in [2.24, 2.45) is 0 Å². The van der Waals surface area contributed by atoms with Crippen molar-refractivity contribution in [2.45, 2.75) is 31.9 Å². The molecule has 4 rings (SSSR count). The van der Waals surface area contributed by atoms with Crippen molar-refractivity contribution in [1.82, 2.24) is 9.47 Å². The highest BCUT2D eigenvalue weighted by Crippen LogP contribution is 2.33. The van der Waals surface area contributed by atoms with E-state index >= 15 is 0 Å². The number of carbonyl (C=O) groups excluding carboxylic acids is 1. The van der Waals surface area contributed by atoms with E-state index in [4.69, 9.17) is 4.74 Å². The first-order chi connectivity index (χ1) is 12.2. The van der Waals surface area contributed by atoms with Gasteiger partial charge in [-0.05, 0) is 50.1 Å². The second-order valence-corrected chi connectivity index (χ2v) is 7.07. The highest BCUT2D eigenvalue weighted by atomic mass is 16.5. The molecule has 132 valence electrons. The molecule has 1 N–H and O–H groups in total. The van der Waals surface area contributed by atoms with Crippen molar-refractivity contribution in [3.63, 3.8) is 0 Å². The minimum absolute atomic E-state index is 0.308. The maximum absolute atomic E-state index is 10.8. The molecule has 0 bridgehead atoms. The lowest BCUT2D eigenvalue weighted by atomic mass is 9.99. The average molecular weight is 339 g/mol. The van der Waals surface area contributed by atoms with Gasteiger partial charge in [0, 0.05) is 54.6 Å². The number of nitrogens with zero attached hydrogens (tertiary/aromatic N) is 2. The number of nitrogens with one attached hydrogen (secondary N) is 1. The molecule has 5 nitrogen and oxygen atoms in total. The fraction of sp³-hybridized carbons (Fsp3) is 0.450. The standard InChI is InChI=1S/C20H25N3O2/c1-22-8-6-15(7-9-22)19-13-23(12-17-3-2-10-25-17)20-5-4-16(21-14-24)11-18(19)20/h4-6,11,13-14,17H,2-3,7-10,12H2,1H3,(H,21,24). The second kappa shape index (κ2) is 7.02. The molecular weight excluding hydrogens is 314 g/mol. The summed E-state index contributed by atoms with van der Waals surface area (Å²) >= 11 is 0. The average Bonchev–Trinajstić information content (AvgIpc) is 3.25. The smallest absolute Gasteiger partial charge is 0.211 e. The van der Waals surface area contributed by atoms with Crippen molar-refractivity contribution in [3.05, 3.63) is 36.0 Å². The first kappa shape index (κ1) is 16.4. The Morgan fingerprint density at radius 1 is 1.40 bits per heavy atom. The van der Waals surface area contributed by atoms with Gasteiger partial charge in [-0.1, -0.05) is 6.08 Å². The Morgan fingerprint density at radius 2 is 2.32 bits per heavy atom. The molecule has 1 atom stereocenters. The van der Waals surface area contributed by atoms with Crippen LogP contribution in [0.3, 0.4) is 0 Å². The topological polar surface area (TPSA) is 46.5 Å². The van der Waals surface area contributed by atoms with Crippen LogP contribution in [0, 0.1) is 0 Å². The Hall–Kier alpha value is -2.11. The summed E-state index contributed by atoms with van der Waals surface area (Å²) in [5.74, 6) is 0. The number of aromatic nitrogens is 1. The Bertz CT molecular complexity index is 803. The summed E-state index contributed by atoms with van der Waals surface area (Å²) < 4.78 is 8.16. The number of hydrogen-bond donors (Lipinski definition) is 1. The van der Waals surface area contributed by atoms with E-state index in [2.05, 4.69) is 46.2 Å². The van der Waals surface area contributed by atoms with Crippen LogP contribution in [0.1, 0.15) is 24.8 Å². The SMILES string of the molecule is CN1CC=C(c2cn(CC3CCCO3)c3ccc(NC=O)cc23)CC1. The Balaban J connectivity index is 1.76. The highest BCUT2D eigenvalue weighted by Gasteiger charge is 2.20. The molecule has 3 heterocycles. The molecule has 25 heavy (non-hydrogen) atoms. The van der Waals surface area contributed by atoms with Crippen LogP contribution >= 0.6 is 0 Å². The van der Waals surface area contributed by atoms with E-state index in [-0.39, 0.29) is 0 Å². The normalized spacial score (nSPS) is 21.5. The molecule has 1 unspecified atom stereocenters. The zero-order chi connectivity index (χ0) is 17.2. The van der Waals surface area contributed by atoms with Crippen LogP contribution in [0.15, 0.2) is 30.5 Å². The van der Waals surface area contributed by atoms with Gasteiger partial charge in [-0.25, -0.2) is 0 Å². The highest BCUT2D eigenvalue weighted by molar-refractivity contribution is 5.96. The van der Waals surface area contributed by atoms with E-state index in [1.807, 2.05) is 6.07 Å². The number of hydrogen-bond acceptors (Lipinski definition) is 3. The Labute approximate surface area is 148 Å². The molecule has 1 amide bonds. The molecule has 1 fully saturated rings. The fourth-order valence-corrected chi connectivity index (χ4v) is 3.88. The van der Waals surface area contributed by atoms with Crippen LogP contribution in [0.25, 0.3) is 16.5 Å². The molecular formula is C20H25N3O2. The van der Waals surface area contributed by atoms with Gasteiger partial charge in [0.25, 0.3) is 0 Å². The van der Waals surface area contributed by atoms with E-state index in [0.717, 1.165) is 57.6 Å². The predicted octanol–water partition coefficient (Wildman–Crippen LogP) is 3.11. The number of benzene rings is 1. The number of carbonyl (C=O) groups is 1.